The largest absolute Gasteiger partial charge is 0.489 e. The van der Waals surface area contributed by atoms with Crippen molar-refractivity contribution in [3.63, 3.8) is 0 Å². The van der Waals surface area contributed by atoms with Crippen LogP contribution < -0.4 is 15.9 Å². The van der Waals surface area contributed by atoms with E-state index in [2.05, 4.69) is 10.2 Å². The summed E-state index contributed by atoms with van der Waals surface area (Å²) in [6, 6.07) is 6.83. The lowest BCUT2D eigenvalue weighted by Gasteiger charge is -2.05. The van der Waals surface area contributed by atoms with E-state index in [1.54, 1.807) is 29.5 Å². The number of hydrogen-bond acceptors (Lipinski definition) is 4. The van der Waals surface area contributed by atoms with E-state index in [1.807, 2.05) is 16.8 Å². The zero-order chi connectivity index (χ0) is 13.2. The van der Waals surface area contributed by atoms with E-state index >= 15 is 0 Å². The summed E-state index contributed by atoms with van der Waals surface area (Å²) in [6.07, 6.45) is 0. The van der Waals surface area contributed by atoms with Gasteiger partial charge in [-0.25, -0.2) is 0 Å². The first-order valence-electron chi connectivity index (χ1n) is 5.62. The molecule has 0 saturated heterocycles. The summed E-state index contributed by atoms with van der Waals surface area (Å²) in [4.78, 5) is 23.2. The van der Waals surface area contributed by atoms with E-state index in [4.69, 9.17) is 4.74 Å². The van der Waals surface area contributed by atoms with Crippen molar-refractivity contribution >= 4 is 22.1 Å². The number of fused-ring (bicyclic) bond motifs is 1. The molecule has 19 heavy (non-hydrogen) atoms. The minimum atomic E-state index is -0.337. The van der Waals surface area contributed by atoms with E-state index in [0.717, 1.165) is 5.56 Å². The number of H-pyrrole nitrogens is 2. The van der Waals surface area contributed by atoms with Crippen LogP contribution in [0.25, 0.3) is 10.8 Å². The minimum Gasteiger partial charge on any atom is -0.489 e. The lowest BCUT2D eigenvalue weighted by atomic mass is 10.2. The number of thiophene rings is 1. The fourth-order valence-corrected chi connectivity index (χ4v) is 2.44. The van der Waals surface area contributed by atoms with Gasteiger partial charge in [0.15, 0.2) is 0 Å². The molecule has 2 N–H and O–H groups in total. The fraction of sp³-hybridized carbons (Fsp3) is 0.0769. The Morgan fingerprint density at radius 3 is 2.58 bits per heavy atom. The molecule has 5 nitrogen and oxygen atoms in total. The maximum Gasteiger partial charge on any atom is 0.270 e. The molecule has 0 aliphatic rings. The van der Waals surface area contributed by atoms with Crippen LogP contribution in [0.3, 0.4) is 0 Å². The molecule has 6 heteroatoms. The van der Waals surface area contributed by atoms with Gasteiger partial charge in [-0.1, -0.05) is 0 Å². The van der Waals surface area contributed by atoms with Crippen molar-refractivity contribution in [3.8, 4) is 5.75 Å². The van der Waals surface area contributed by atoms with Crippen LogP contribution in [-0.2, 0) is 6.61 Å². The first-order chi connectivity index (χ1) is 9.24. The Labute approximate surface area is 111 Å². The molecule has 96 valence electrons. The SMILES string of the molecule is O=c1[nH][nH]c(=O)c2cc(OCc3ccsc3)ccc12. The number of hydrogen-bond donors (Lipinski definition) is 2. The van der Waals surface area contributed by atoms with Gasteiger partial charge in [-0.2, -0.15) is 11.3 Å². The summed E-state index contributed by atoms with van der Waals surface area (Å²) < 4.78 is 5.59. The predicted molar refractivity (Wildman–Crippen MR) is 73.8 cm³/mol. The predicted octanol–water partition coefficient (Wildman–Crippen LogP) is 1.86. The van der Waals surface area contributed by atoms with Crippen molar-refractivity contribution in [3.05, 3.63) is 61.3 Å². The number of aromatic amines is 2. The number of benzene rings is 1. The second-order valence-electron chi connectivity index (χ2n) is 4.04. The Balaban J connectivity index is 1.95. The molecule has 1 aromatic carbocycles. The second-order valence-corrected chi connectivity index (χ2v) is 4.82. The van der Waals surface area contributed by atoms with E-state index in [-0.39, 0.29) is 11.1 Å². The first kappa shape index (κ1) is 11.7. The molecule has 0 atom stereocenters. The highest BCUT2D eigenvalue weighted by Gasteiger charge is 2.05. The number of aromatic nitrogens is 2. The molecule has 0 radical (unpaired) electrons. The van der Waals surface area contributed by atoms with Gasteiger partial charge in [0.05, 0.1) is 10.8 Å². The number of ether oxygens (including phenoxy) is 1. The first-order valence-corrected chi connectivity index (χ1v) is 6.57. The third-order valence-corrected chi connectivity index (χ3v) is 3.49. The summed E-state index contributed by atoms with van der Waals surface area (Å²) in [5.74, 6) is 0.565. The van der Waals surface area contributed by atoms with Crippen LogP contribution in [0.15, 0.2) is 44.6 Å². The molecule has 0 spiro atoms. The average Bonchev–Trinajstić information content (AvgIpc) is 2.94. The molecule has 0 unspecified atom stereocenters. The molecule has 0 saturated carbocycles. The zero-order valence-electron chi connectivity index (χ0n) is 9.80. The highest BCUT2D eigenvalue weighted by Crippen LogP contribution is 2.17. The van der Waals surface area contributed by atoms with Crippen LogP contribution in [0.1, 0.15) is 5.56 Å². The number of nitrogens with one attached hydrogen (secondary N) is 2. The quantitative estimate of drug-likeness (QED) is 0.765. The summed E-state index contributed by atoms with van der Waals surface area (Å²) in [5.41, 5.74) is 0.416. The fourth-order valence-electron chi connectivity index (χ4n) is 1.79. The normalized spacial score (nSPS) is 10.7. The van der Waals surface area contributed by atoms with Crippen molar-refractivity contribution in [2.24, 2.45) is 0 Å². The maximum atomic E-state index is 11.6. The summed E-state index contributed by atoms with van der Waals surface area (Å²) in [5, 5.41) is 9.23. The van der Waals surface area contributed by atoms with E-state index in [9.17, 15) is 9.59 Å². The van der Waals surface area contributed by atoms with Gasteiger partial charge < -0.3 is 4.74 Å². The average molecular weight is 274 g/mol. The van der Waals surface area contributed by atoms with Crippen LogP contribution >= 0.6 is 11.3 Å². The second kappa shape index (κ2) is 4.74. The molecule has 0 amide bonds. The molecule has 0 bridgehead atoms. The topological polar surface area (TPSA) is 75.0 Å². The highest BCUT2D eigenvalue weighted by molar-refractivity contribution is 7.07. The van der Waals surface area contributed by atoms with Crippen LogP contribution in [0, 0.1) is 0 Å². The lowest BCUT2D eigenvalue weighted by Crippen LogP contribution is -2.18. The Kier molecular flexibility index (Phi) is 2.92. The van der Waals surface area contributed by atoms with Gasteiger partial charge in [-0.3, -0.25) is 19.8 Å². The molecule has 2 heterocycles. The molecule has 0 aliphatic carbocycles. The smallest absolute Gasteiger partial charge is 0.270 e. The van der Waals surface area contributed by atoms with E-state index in [1.165, 1.54) is 0 Å². The van der Waals surface area contributed by atoms with Crippen molar-refractivity contribution in [1.82, 2.24) is 10.2 Å². The highest BCUT2D eigenvalue weighted by atomic mass is 32.1. The van der Waals surface area contributed by atoms with Gasteiger partial charge >= 0.3 is 0 Å². The van der Waals surface area contributed by atoms with Crippen LogP contribution in [0.2, 0.25) is 0 Å². The molecule has 3 aromatic rings. The van der Waals surface area contributed by atoms with Gasteiger partial charge in [0.2, 0.25) is 0 Å². The van der Waals surface area contributed by atoms with Crippen molar-refractivity contribution < 1.29 is 4.74 Å². The van der Waals surface area contributed by atoms with Crippen LogP contribution in [-0.4, -0.2) is 10.2 Å². The van der Waals surface area contributed by atoms with Crippen molar-refractivity contribution in [2.45, 2.75) is 6.61 Å². The van der Waals surface area contributed by atoms with Gasteiger partial charge in [0, 0.05) is 0 Å². The van der Waals surface area contributed by atoms with E-state index in [0.29, 0.717) is 23.1 Å². The van der Waals surface area contributed by atoms with Crippen LogP contribution in [0.5, 0.6) is 5.75 Å². The van der Waals surface area contributed by atoms with E-state index < -0.39 is 0 Å². The maximum absolute atomic E-state index is 11.6. The Hall–Kier alpha value is -2.34. The van der Waals surface area contributed by atoms with Gasteiger partial charge in [-0.15, -0.1) is 0 Å². The lowest BCUT2D eigenvalue weighted by molar-refractivity contribution is 0.307. The molecule has 0 aliphatic heterocycles. The Bertz CT molecular complexity index is 818. The van der Waals surface area contributed by atoms with Crippen molar-refractivity contribution in [2.75, 3.05) is 0 Å². The third kappa shape index (κ3) is 2.30. The molecular weight excluding hydrogens is 264 g/mol. The van der Waals surface area contributed by atoms with Gasteiger partial charge in [0.25, 0.3) is 11.1 Å². The van der Waals surface area contributed by atoms with Crippen LogP contribution in [0.4, 0.5) is 0 Å². The molecule has 0 fully saturated rings. The van der Waals surface area contributed by atoms with Crippen molar-refractivity contribution in [1.29, 1.82) is 0 Å². The third-order valence-electron chi connectivity index (χ3n) is 2.76. The summed E-state index contributed by atoms with van der Waals surface area (Å²) >= 11 is 1.60. The Morgan fingerprint density at radius 2 is 1.84 bits per heavy atom. The monoisotopic (exact) mass is 274 g/mol. The summed E-state index contributed by atoms with van der Waals surface area (Å²) in [7, 11) is 0. The molecule has 3 rings (SSSR count). The zero-order valence-corrected chi connectivity index (χ0v) is 10.6. The molecular formula is C13H10N2O3S. The molecule has 2 aromatic heterocycles. The summed E-state index contributed by atoms with van der Waals surface area (Å²) in [6.45, 7) is 0.441. The minimum absolute atomic E-state index is 0.320. The standard InChI is InChI=1S/C13H10N2O3S/c16-12-10-2-1-9(5-11(10)13(17)15-14-12)18-6-8-3-4-19-7-8/h1-5,7H,6H2,(H,14,16)(H,15,17). The Morgan fingerprint density at radius 1 is 1.05 bits per heavy atom. The van der Waals surface area contributed by atoms with Gasteiger partial charge in [-0.05, 0) is 40.6 Å². The van der Waals surface area contributed by atoms with Gasteiger partial charge in [0.1, 0.15) is 12.4 Å². The number of rotatable bonds is 3.